The first-order valence-corrected chi connectivity index (χ1v) is 8.03. The molecule has 2 aromatic carbocycles. The third kappa shape index (κ3) is 3.59. The third-order valence-electron chi connectivity index (χ3n) is 3.18. The van der Waals surface area contributed by atoms with Gasteiger partial charge in [-0.2, -0.15) is 0 Å². The van der Waals surface area contributed by atoms with Gasteiger partial charge in [-0.3, -0.25) is 9.00 Å². The van der Waals surface area contributed by atoms with Gasteiger partial charge in [-0.05, 0) is 48.9 Å². The van der Waals surface area contributed by atoms with Gasteiger partial charge < -0.3 is 10.4 Å². The van der Waals surface area contributed by atoms with Gasteiger partial charge in [0.15, 0.2) is 0 Å². The SMILES string of the molecule is Cc1ccc(C(=O)O)cc1NC(=O)c1ccc(S(C)=O)cc1. The molecule has 0 aromatic heterocycles. The molecule has 1 amide bonds. The molecule has 1 unspecified atom stereocenters. The largest absolute Gasteiger partial charge is 0.478 e. The number of carbonyl (C=O) groups is 2. The number of aryl methyl sites for hydroxylation is 1. The van der Waals surface area contributed by atoms with E-state index in [-0.39, 0.29) is 11.5 Å². The van der Waals surface area contributed by atoms with E-state index >= 15 is 0 Å². The molecule has 0 bridgehead atoms. The molecule has 2 rings (SSSR count). The first-order valence-electron chi connectivity index (χ1n) is 6.47. The van der Waals surface area contributed by atoms with E-state index in [0.29, 0.717) is 16.1 Å². The van der Waals surface area contributed by atoms with Crippen molar-refractivity contribution in [3.63, 3.8) is 0 Å². The van der Waals surface area contributed by atoms with E-state index in [1.54, 1.807) is 43.5 Å². The smallest absolute Gasteiger partial charge is 0.335 e. The fourth-order valence-electron chi connectivity index (χ4n) is 1.88. The predicted octanol–water partition coefficient (Wildman–Crippen LogP) is 2.68. The second kappa shape index (κ2) is 6.53. The number of amides is 1. The first kappa shape index (κ1) is 15.9. The van der Waals surface area contributed by atoms with Crippen LogP contribution in [-0.4, -0.2) is 27.4 Å². The molecule has 0 fully saturated rings. The van der Waals surface area contributed by atoms with Crippen molar-refractivity contribution in [2.75, 3.05) is 11.6 Å². The van der Waals surface area contributed by atoms with E-state index in [9.17, 15) is 13.8 Å². The van der Waals surface area contributed by atoms with Gasteiger partial charge in [-0.15, -0.1) is 0 Å². The van der Waals surface area contributed by atoms with Crippen molar-refractivity contribution < 1.29 is 18.9 Å². The predicted molar refractivity (Wildman–Crippen MR) is 84.9 cm³/mol. The Morgan fingerprint density at radius 1 is 1.05 bits per heavy atom. The van der Waals surface area contributed by atoms with Gasteiger partial charge in [0.2, 0.25) is 0 Å². The number of benzene rings is 2. The van der Waals surface area contributed by atoms with Crippen molar-refractivity contribution in [1.29, 1.82) is 0 Å². The first-order chi connectivity index (χ1) is 10.4. The van der Waals surface area contributed by atoms with Crippen LogP contribution in [0, 0.1) is 6.92 Å². The number of hydrogen-bond acceptors (Lipinski definition) is 3. The molecular formula is C16H15NO4S. The molecule has 6 heteroatoms. The van der Waals surface area contributed by atoms with Crippen molar-refractivity contribution in [2.24, 2.45) is 0 Å². The molecule has 2 aromatic rings. The second-order valence-electron chi connectivity index (χ2n) is 4.77. The highest BCUT2D eigenvalue weighted by atomic mass is 32.2. The van der Waals surface area contributed by atoms with Crippen molar-refractivity contribution in [1.82, 2.24) is 0 Å². The summed E-state index contributed by atoms with van der Waals surface area (Å²) in [6.07, 6.45) is 1.57. The Labute approximate surface area is 130 Å². The van der Waals surface area contributed by atoms with Crippen LogP contribution in [0.15, 0.2) is 47.4 Å². The Balaban J connectivity index is 2.23. The minimum atomic E-state index is -1.10. The van der Waals surface area contributed by atoms with Crippen molar-refractivity contribution in [3.8, 4) is 0 Å². The summed E-state index contributed by atoms with van der Waals surface area (Å²) in [4.78, 5) is 23.8. The molecular weight excluding hydrogens is 302 g/mol. The molecule has 0 spiro atoms. The second-order valence-corrected chi connectivity index (χ2v) is 6.15. The number of rotatable bonds is 4. The van der Waals surface area contributed by atoms with Gasteiger partial charge in [0.1, 0.15) is 0 Å². The van der Waals surface area contributed by atoms with Crippen molar-refractivity contribution in [3.05, 3.63) is 59.2 Å². The third-order valence-corrected chi connectivity index (χ3v) is 4.12. The fourth-order valence-corrected chi connectivity index (χ4v) is 2.40. The average molecular weight is 317 g/mol. The summed E-state index contributed by atoms with van der Waals surface area (Å²) in [6, 6.07) is 11.0. The zero-order valence-electron chi connectivity index (χ0n) is 12.1. The monoisotopic (exact) mass is 317 g/mol. The topological polar surface area (TPSA) is 83.5 Å². The maximum absolute atomic E-state index is 12.2. The molecule has 0 saturated heterocycles. The zero-order chi connectivity index (χ0) is 16.3. The number of carboxylic acid groups (broad SMARTS) is 1. The molecule has 1 atom stereocenters. The van der Waals surface area contributed by atoms with Crippen LogP contribution < -0.4 is 5.32 Å². The maximum Gasteiger partial charge on any atom is 0.335 e. The molecule has 114 valence electrons. The Morgan fingerprint density at radius 2 is 1.64 bits per heavy atom. The van der Waals surface area contributed by atoms with Gasteiger partial charge in [0.05, 0.1) is 5.56 Å². The Kier molecular flexibility index (Phi) is 4.72. The van der Waals surface area contributed by atoms with Crippen molar-refractivity contribution in [2.45, 2.75) is 11.8 Å². The normalized spacial score (nSPS) is 11.7. The number of hydrogen-bond donors (Lipinski definition) is 2. The maximum atomic E-state index is 12.2. The van der Waals surface area contributed by atoms with E-state index < -0.39 is 16.8 Å². The van der Waals surface area contributed by atoms with Gasteiger partial charge >= 0.3 is 5.97 Å². The average Bonchev–Trinajstić information content (AvgIpc) is 2.49. The van der Waals surface area contributed by atoms with E-state index in [2.05, 4.69) is 5.32 Å². The number of aromatic carboxylic acids is 1. The summed E-state index contributed by atoms with van der Waals surface area (Å²) >= 11 is 0. The quantitative estimate of drug-likeness (QED) is 0.908. The number of anilines is 1. The number of carbonyl (C=O) groups excluding carboxylic acids is 1. The summed E-state index contributed by atoms with van der Waals surface area (Å²) in [5.41, 5.74) is 1.74. The van der Waals surface area contributed by atoms with Gasteiger partial charge in [-0.25, -0.2) is 4.79 Å². The molecule has 2 N–H and O–H groups in total. The lowest BCUT2D eigenvalue weighted by Crippen LogP contribution is -2.13. The summed E-state index contributed by atoms with van der Waals surface area (Å²) in [5.74, 6) is -1.40. The van der Waals surface area contributed by atoms with Crippen LogP contribution in [0.25, 0.3) is 0 Å². The molecule has 0 aliphatic heterocycles. The molecule has 0 aliphatic carbocycles. The molecule has 22 heavy (non-hydrogen) atoms. The molecule has 0 saturated carbocycles. The standard InChI is InChI=1S/C16H15NO4S/c1-10-3-4-12(16(19)20)9-14(10)17-15(18)11-5-7-13(8-6-11)22(2)21/h3-9H,1-2H3,(H,17,18)(H,19,20). The lowest BCUT2D eigenvalue weighted by Gasteiger charge is -2.09. The van der Waals surface area contributed by atoms with Crippen LogP contribution in [-0.2, 0) is 10.8 Å². The minimum Gasteiger partial charge on any atom is -0.478 e. The minimum absolute atomic E-state index is 0.109. The van der Waals surface area contributed by atoms with Crippen LogP contribution in [0.1, 0.15) is 26.3 Å². The lowest BCUT2D eigenvalue weighted by atomic mass is 10.1. The van der Waals surface area contributed by atoms with Crippen LogP contribution in [0.2, 0.25) is 0 Å². The van der Waals surface area contributed by atoms with E-state index in [0.717, 1.165) is 5.56 Å². The Morgan fingerprint density at radius 3 is 2.18 bits per heavy atom. The van der Waals surface area contributed by atoms with Crippen LogP contribution in [0.3, 0.4) is 0 Å². The van der Waals surface area contributed by atoms with E-state index in [1.807, 2.05) is 0 Å². The van der Waals surface area contributed by atoms with E-state index in [1.165, 1.54) is 12.1 Å². The fraction of sp³-hybridized carbons (Fsp3) is 0.125. The zero-order valence-corrected chi connectivity index (χ0v) is 12.9. The van der Waals surface area contributed by atoms with Crippen LogP contribution in [0.5, 0.6) is 0 Å². The molecule has 0 radical (unpaired) electrons. The van der Waals surface area contributed by atoms with Gasteiger partial charge in [0.25, 0.3) is 5.91 Å². The highest BCUT2D eigenvalue weighted by molar-refractivity contribution is 7.84. The summed E-state index contributed by atoms with van der Waals surface area (Å²) in [7, 11) is -1.10. The summed E-state index contributed by atoms with van der Waals surface area (Å²) < 4.78 is 11.3. The Bertz CT molecular complexity index is 753. The molecule has 5 nitrogen and oxygen atoms in total. The highest BCUT2D eigenvalue weighted by Gasteiger charge is 2.11. The number of nitrogens with one attached hydrogen (secondary N) is 1. The van der Waals surface area contributed by atoms with E-state index in [4.69, 9.17) is 5.11 Å². The molecule has 0 aliphatic rings. The van der Waals surface area contributed by atoms with Crippen molar-refractivity contribution >= 4 is 28.4 Å². The van der Waals surface area contributed by atoms with Gasteiger partial charge in [-0.1, -0.05) is 6.07 Å². The highest BCUT2D eigenvalue weighted by Crippen LogP contribution is 2.18. The van der Waals surface area contributed by atoms with Crippen LogP contribution in [0.4, 0.5) is 5.69 Å². The lowest BCUT2D eigenvalue weighted by molar-refractivity contribution is 0.0696. The van der Waals surface area contributed by atoms with Crippen LogP contribution >= 0.6 is 0 Å². The summed E-state index contributed by atoms with van der Waals surface area (Å²) in [5, 5.41) is 11.7. The number of carboxylic acids is 1. The molecule has 0 heterocycles. The van der Waals surface area contributed by atoms with Gasteiger partial charge in [0, 0.05) is 33.2 Å². The Hall–Kier alpha value is -2.47. The summed E-state index contributed by atoms with van der Waals surface area (Å²) in [6.45, 7) is 1.78.